The van der Waals surface area contributed by atoms with Crippen LogP contribution in [0.4, 0.5) is 17.5 Å². The fourth-order valence-corrected chi connectivity index (χ4v) is 1.69. The van der Waals surface area contributed by atoms with Crippen molar-refractivity contribution in [3.05, 3.63) is 35.5 Å². The van der Waals surface area contributed by atoms with E-state index in [-0.39, 0.29) is 12.1 Å². The molecule has 7 heteroatoms. The van der Waals surface area contributed by atoms with E-state index in [0.29, 0.717) is 10.8 Å². The van der Waals surface area contributed by atoms with Crippen LogP contribution < -0.4 is 21.3 Å². The molecule has 0 aliphatic heterocycles. The van der Waals surface area contributed by atoms with Gasteiger partial charge in [0.05, 0.1) is 12.3 Å². The number of hydrazine groups is 1. The van der Waals surface area contributed by atoms with Crippen molar-refractivity contribution in [3.63, 3.8) is 0 Å². The Bertz CT molecular complexity index is 573. The Kier molecular flexibility index (Phi) is 4.60. The maximum absolute atomic E-state index is 6.02. The Hall–Kier alpha value is -2.05. The topological polar surface area (TPSA) is 85.1 Å². The van der Waals surface area contributed by atoms with E-state index in [4.69, 9.17) is 22.2 Å². The van der Waals surface area contributed by atoms with Gasteiger partial charge in [-0.2, -0.15) is 4.98 Å². The summed E-state index contributed by atoms with van der Waals surface area (Å²) in [6.45, 7) is 3.96. The highest BCUT2D eigenvalue weighted by Gasteiger charge is 2.05. The number of hydrogen-bond donors (Lipinski definition) is 3. The van der Waals surface area contributed by atoms with E-state index < -0.39 is 0 Å². The minimum Gasteiger partial charge on any atom is -0.491 e. The van der Waals surface area contributed by atoms with Gasteiger partial charge < -0.3 is 10.1 Å². The molecule has 2 aromatic rings. The van der Waals surface area contributed by atoms with Gasteiger partial charge in [0.25, 0.3) is 0 Å². The molecule has 0 fully saturated rings. The molecule has 0 aliphatic rings. The number of ether oxygens (including phenoxy) is 1. The number of nitrogens with one attached hydrogen (secondary N) is 2. The fourth-order valence-electron chi connectivity index (χ4n) is 1.55. The van der Waals surface area contributed by atoms with Crippen LogP contribution >= 0.6 is 11.6 Å². The molecule has 0 saturated heterocycles. The summed E-state index contributed by atoms with van der Waals surface area (Å²) in [5, 5.41) is 3.50. The number of nitrogen functional groups attached to an aromatic ring is 1. The Morgan fingerprint density at radius 1 is 1.25 bits per heavy atom. The largest absolute Gasteiger partial charge is 0.491 e. The third kappa shape index (κ3) is 3.72. The van der Waals surface area contributed by atoms with Gasteiger partial charge in [0.1, 0.15) is 10.8 Å². The summed E-state index contributed by atoms with van der Waals surface area (Å²) in [4.78, 5) is 8.04. The smallest absolute Gasteiger partial charge is 0.239 e. The van der Waals surface area contributed by atoms with Gasteiger partial charge >= 0.3 is 0 Å². The summed E-state index contributed by atoms with van der Waals surface area (Å²) < 4.78 is 5.57. The van der Waals surface area contributed by atoms with Gasteiger partial charge in [-0.05, 0) is 38.1 Å². The second-order valence-electron chi connectivity index (χ2n) is 4.35. The highest BCUT2D eigenvalue weighted by Crippen LogP contribution is 2.25. The molecule has 1 aromatic heterocycles. The van der Waals surface area contributed by atoms with Gasteiger partial charge in [-0.15, -0.1) is 0 Å². The summed E-state index contributed by atoms with van der Waals surface area (Å²) in [5.41, 5.74) is 3.21. The predicted molar refractivity (Wildman–Crippen MR) is 80.3 cm³/mol. The highest BCUT2D eigenvalue weighted by atomic mass is 35.5. The Morgan fingerprint density at radius 2 is 1.95 bits per heavy atom. The number of nitrogens with two attached hydrogens (primary N) is 1. The second-order valence-corrected chi connectivity index (χ2v) is 4.76. The van der Waals surface area contributed by atoms with E-state index in [1.807, 2.05) is 38.1 Å². The maximum Gasteiger partial charge on any atom is 0.239 e. The molecule has 0 amide bonds. The zero-order chi connectivity index (χ0) is 14.5. The van der Waals surface area contributed by atoms with Gasteiger partial charge in [0, 0.05) is 5.69 Å². The standard InChI is InChI=1S/C13H16ClN5O/c1-8(2)20-10-5-3-9(4-6-10)17-12-11(14)7-16-13(18-12)19-15/h3-8H,15H2,1-2H3,(H2,16,17,18,19). The molecule has 1 heterocycles. The molecule has 0 saturated carbocycles. The summed E-state index contributed by atoms with van der Waals surface area (Å²) in [6.07, 6.45) is 1.62. The van der Waals surface area contributed by atoms with Crippen LogP contribution in [-0.2, 0) is 0 Å². The Labute approximate surface area is 122 Å². The van der Waals surface area contributed by atoms with Crippen LogP contribution in [0.25, 0.3) is 0 Å². The van der Waals surface area contributed by atoms with Crippen molar-refractivity contribution in [1.29, 1.82) is 0 Å². The summed E-state index contributed by atoms with van der Waals surface area (Å²) >= 11 is 6.02. The Morgan fingerprint density at radius 3 is 2.55 bits per heavy atom. The lowest BCUT2D eigenvalue weighted by Crippen LogP contribution is -2.11. The number of nitrogens with zero attached hydrogens (tertiary/aromatic N) is 2. The van der Waals surface area contributed by atoms with Gasteiger partial charge in [-0.1, -0.05) is 11.6 Å². The monoisotopic (exact) mass is 293 g/mol. The maximum atomic E-state index is 6.02. The van der Waals surface area contributed by atoms with Crippen LogP contribution in [0, 0.1) is 0 Å². The average molecular weight is 294 g/mol. The summed E-state index contributed by atoms with van der Waals surface area (Å²) in [7, 11) is 0. The van der Waals surface area contributed by atoms with Crippen molar-refractivity contribution in [2.24, 2.45) is 5.84 Å². The van der Waals surface area contributed by atoms with Crippen molar-refractivity contribution in [3.8, 4) is 5.75 Å². The lowest BCUT2D eigenvalue weighted by Gasteiger charge is -2.11. The zero-order valence-electron chi connectivity index (χ0n) is 11.2. The van der Waals surface area contributed by atoms with Crippen molar-refractivity contribution in [2.75, 3.05) is 10.7 Å². The molecule has 0 atom stereocenters. The van der Waals surface area contributed by atoms with E-state index >= 15 is 0 Å². The van der Waals surface area contributed by atoms with Gasteiger partial charge in [0.2, 0.25) is 5.95 Å². The van der Waals surface area contributed by atoms with E-state index in [1.165, 1.54) is 6.20 Å². The lowest BCUT2D eigenvalue weighted by molar-refractivity contribution is 0.242. The third-order valence-electron chi connectivity index (χ3n) is 2.36. The lowest BCUT2D eigenvalue weighted by atomic mass is 10.3. The summed E-state index contributed by atoms with van der Waals surface area (Å²) in [6, 6.07) is 7.51. The van der Waals surface area contributed by atoms with Crippen molar-refractivity contribution in [2.45, 2.75) is 20.0 Å². The molecule has 0 bridgehead atoms. The molecule has 20 heavy (non-hydrogen) atoms. The molecular formula is C13H16ClN5O. The second kappa shape index (κ2) is 6.40. The van der Waals surface area contributed by atoms with E-state index in [1.54, 1.807) is 0 Å². The average Bonchev–Trinajstić information content (AvgIpc) is 2.43. The Balaban J connectivity index is 2.13. The molecule has 0 spiro atoms. The van der Waals surface area contributed by atoms with Crippen molar-refractivity contribution < 1.29 is 4.74 Å². The predicted octanol–water partition coefficient (Wildman–Crippen LogP) is 2.95. The van der Waals surface area contributed by atoms with E-state index in [2.05, 4.69) is 20.7 Å². The minimum atomic E-state index is 0.142. The van der Waals surface area contributed by atoms with Crippen LogP contribution in [0.1, 0.15) is 13.8 Å². The molecule has 2 rings (SSSR count). The number of halogens is 1. The highest BCUT2D eigenvalue weighted by molar-refractivity contribution is 6.32. The van der Waals surface area contributed by atoms with Crippen LogP contribution in [0.2, 0.25) is 5.02 Å². The van der Waals surface area contributed by atoms with E-state index in [9.17, 15) is 0 Å². The first-order chi connectivity index (χ1) is 9.58. The van der Waals surface area contributed by atoms with Gasteiger partial charge in [0.15, 0.2) is 5.82 Å². The van der Waals surface area contributed by atoms with Crippen molar-refractivity contribution in [1.82, 2.24) is 9.97 Å². The number of hydrogen-bond acceptors (Lipinski definition) is 6. The summed E-state index contributed by atoms with van der Waals surface area (Å²) in [5.74, 6) is 6.84. The van der Waals surface area contributed by atoms with Crippen LogP contribution in [-0.4, -0.2) is 16.1 Å². The molecule has 1 aromatic carbocycles. The zero-order valence-corrected chi connectivity index (χ0v) is 12.0. The first-order valence-corrected chi connectivity index (χ1v) is 6.49. The van der Waals surface area contributed by atoms with Crippen LogP contribution in [0.15, 0.2) is 30.5 Å². The first-order valence-electron chi connectivity index (χ1n) is 6.11. The molecule has 0 unspecified atom stereocenters. The number of benzene rings is 1. The van der Waals surface area contributed by atoms with Crippen LogP contribution in [0.3, 0.4) is 0 Å². The van der Waals surface area contributed by atoms with Crippen molar-refractivity contribution >= 4 is 29.1 Å². The normalized spacial score (nSPS) is 10.4. The molecule has 106 valence electrons. The molecule has 0 aliphatic carbocycles. The quantitative estimate of drug-likeness (QED) is 0.580. The molecule has 0 radical (unpaired) electrons. The first kappa shape index (κ1) is 14.4. The SMILES string of the molecule is CC(C)Oc1ccc(Nc2nc(NN)ncc2Cl)cc1. The van der Waals surface area contributed by atoms with Gasteiger partial charge in [-0.3, -0.25) is 5.43 Å². The van der Waals surface area contributed by atoms with Crippen LogP contribution in [0.5, 0.6) is 5.75 Å². The number of rotatable bonds is 5. The van der Waals surface area contributed by atoms with Gasteiger partial charge in [-0.25, -0.2) is 10.8 Å². The molecular weight excluding hydrogens is 278 g/mol. The number of aromatic nitrogens is 2. The van der Waals surface area contributed by atoms with E-state index in [0.717, 1.165) is 11.4 Å². The minimum absolute atomic E-state index is 0.142. The fraction of sp³-hybridized carbons (Fsp3) is 0.231. The third-order valence-corrected chi connectivity index (χ3v) is 2.64. The molecule has 4 N–H and O–H groups in total. The number of anilines is 3. The molecule has 6 nitrogen and oxygen atoms in total.